The molecule has 0 saturated heterocycles. The zero-order valence-corrected chi connectivity index (χ0v) is 9.23. The van der Waals surface area contributed by atoms with E-state index in [1.165, 1.54) is 0 Å². The van der Waals surface area contributed by atoms with Crippen LogP contribution in [0.25, 0.3) is 0 Å². The van der Waals surface area contributed by atoms with Gasteiger partial charge in [-0.2, -0.15) is 4.98 Å². The van der Waals surface area contributed by atoms with Crippen molar-refractivity contribution >= 4 is 5.95 Å². The van der Waals surface area contributed by atoms with E-state index < -0.39 is 0 Å². The van der Waals surface area contributed by atoms with Crippen LogP contribution in [-0.2, 0) is 0 Å². The van der Waals surface area contributed by atoms with Gasteiger partial charge in [0.15, 0.2) is 0 Å². The van der Waals surface area contributed by atoms with Gasteiger partial charge in [0, 0.05) is 18.8 Å². The van der Waals surface area contributed by atoms with E-state index in [-0.39, 0.29) is 0 Å². The number of hydrogen-bond donors (Lipinski definition) is 1. The smallest absolute Gasteiger partial charge is 0.225 e. The third-order valence-electron chi connectivity index (χ3n) is 1.73. The largest absolute Gasteiger partial charge is 0.473 e. The van der Waals surface area contributed by atoms with E-state index in [1.807, 2.05) is 19.1 Å². The molecule has 0 aliphatic carbocycles. The molecule has 4 heteroatoms. The quantitative estimate of drug-likeness (QED) is 0.727. The fourth-order valence-electron chi connectivity index (χ4n) is 0.974. The van der Waals surface area contributed by atoms with Crippen LogP contribution in [0.1, 0.15) is 20.3 Å². The maximum atomic E-state index is 5.39. The van der Waals surface area contributed by atoms with Crippen LogP contribution in [0.15, 0.2) is 24.4 Å². The number of anilines is 1. The summed E-state index contributed by atoms with van der Waals surface area (Å²) in [7, 11) is 0. The summed E-state index contributed by atoms with van der Waals surface area (Å²) in [6, 6.07) is 1.75. The molecule has 0 saturated carbocycles. The summed E-state index contributed by atoms with van der Waals surface area (Å²) in [6.45, 7) is 5.47. The van der Waals surface area contributed by atoms with E-state index in [2.05, 4.69) is 22.2 Å². The molecular weight excluding hydrogens is 190 g/mol. The summed E-state index contributed by atoms with van der Waals surface area (Å²) in [4.78, 5) is 8.29. The molecule has 0 spiro atoms. The van der Waals surface area contributed by atoms with Crippen molar-refractivity contribution in [3.05, 3.63) is 24.4 Å². The molecule has 1 heterocycles. The van der Waals surface area contributed by atoms with Crippen molar-refractivity contribution < 1.29 is 4.74 Å². The molecule has 0 aromatic carbocycles. The Bertz CT molecular complexity index is 312. The molecule has 0 radical (unpaired) electrons. The van der Waals surface area contributed by atoms with Gasteiger partial charge >= 0.3 is 0 Å². The second kappa shape index (κ2) is 6.81. The Balaban J connectivity index is 2.49. The Labute approximate surface area is 90.4 Å². The lowest BCUT2D eigenvalue weighted by molar-refractivity contribution is 0.348. The number of rotatable bonds is 6. The average Bonchev–Trinajstić information content (AvgIpc) is 2.27. The maximum absolute atomic E-state index is 5.39. The van der Waals surface area contributed by atoms with Crippen LogP contribution in [0.4, 0.5) is 5.95 Å². The molecule has 0 aliphatic heterocycles. The number of hydrogen-bond acceptors (Lipinski definition) is 4. The molecule has 0 aliphatic rings. The van der Waals surface area contributed by atoms with Crippen molar-refractivity contribution in [3.8, 4) is 5.88 Å². The molecule has 0 fully saturated rings. The number of nitrogens with one attached hydrogen (secondary N) is 1. The molecule has 1 rings (SSSR count). The third-order valence-corrected chi connectivity index (χ3v) is 1.73. The Morgan fingerprint density at radius 1 is 1.53 bits per heavy atom. The number of ether oxygens (including phenoxy) is 1. The molecule has 0 amide bonds. The van der Waals surface area contributed by atoms with Gasteiger partial charge in [-0.05, 0) is 13.3 Å². The number of aromatic nitrogens is 2. The SMILES string of the molecule is C/C=C/COc1ccnc(NCCC)n1. The predicted molar refractivity (Wildman–Crippen MR) is 61.1 cm³/mol. The van der Waals surface area contributed by atoms with Crippen molar-refractivity contribution in [2.45, 2.75) is 20.3 Å². The van der Waals surface area contributed by atoms with Gasteiger partial charge in [0.2, 0.25) is 11.8 Å². The van der Waals surface area contributed by atoms with E-state index in [1.54, 1.807) is 12.3 Å². The first-order valence-electron chi connectivity index (χ1n) is 5.17. The standard InChI is InChI=1S/C11H17N3O/c1-3-5-9-15-10-6-8-13-11(14-10)12-7-4-2/h3,5-6,8H,4,7,9H2,1-2H3,(H,12,13,14)/b5-3+. The van der Waals surface area contributed by atoms with Gasteiger partial charge < -0.3 is 10.1 Å². The van der Waals surface area contributed by atoms with Gasteiger partial charge in [0.1, 0.15) is 6.61 Å². The van der Waals surface area contributed by atoms with E-state index in [0.717, 1.165) is 13.0 Å². The first kappa shape index (κ1) is 11.5. The first-order valence-corrected chi connectivity index (χ1v) is 5.17. The Morgan fingerprint density at radius 2 is 2.40 bits per heavy atom. The van der Waals surface area contributed by atoms with Crippen molar-refractivity contribution in [2.24, 2.45) is 0 Å². The summed E-state index contributed by atoms with van der Waals surface area (Å²) >= 11 is 0. The first-order chi connectivity index (χ1) is 7.36. The average molecular weight is 207 g/mol. The van der Waals surface area contributed by atoms with Crippen LogP contribution < -0.4 is 10.1 Å². The van der Waals surface area contributed by atoms with Gasteiger partial charge in [0.05, 0.1) is 0 Å². The highest BCUT2D eigenvalue weighted by Gasteiger charge is 1.97. The fraction of sp³-hybridized carbons (Fsp3) is 0.455. The Hall–Kier alpha value is -1.58. The zero-order valence-electron chi connectivity index (χ0n) is 9.23. The van der Waals surface area contributed by atoms with Gasteiger partial charge in [-0.3, -0.25) is 0 Å². The summed E-state index contributed by atoms with van der Waals surface area (Å²) in [5.74, 6) is 1.22. The van der Waals surface area contributed by atoms with Crippen LogP contribution in [-0.4, -0.2) is 23.1 Å². The molecule has 4 nitrogen and oxygen atoms in total. The summed E-state index contributed by atoms with van der Waals surface area (Å²) < 4.78 is 5.39. The zero-order chi connectivity index (χ0) is 10.9. The predicted octanol–water partition coefficient (Wildman–Crippen LogP) is 2.25. The highest BCUT2D eigenvalue weighted by molar-refractivity contribution is 5.27. The lowest BCUT2D eigenvalue weighted by atomic mass is 10.5. The second-order valence-electron chi connectivity index (χ2n) is 3.03. The Kier molecular flexibility index (Phi) is 5.22. The van der Waals surface area contributed by atoms with Crippen molar-refractivity contribution in [2.75, 3.05) is 18.5 Å². The molecule has 0 unspecified atom stereocenters. The summed E-state index contributed by atoms with van der Waals surface area (Å²) in [6.07, 6.45) is 6.61. The third kappa shape index (κ3) is 4.44. The molecule has 1 aromatic heterocycles. The maximum Gasteiger partial charge on any atom is 0.225 e. The van der Waals surface area contributed by atoms with Crippen molar-refractivity contribution in [3.63, 3.8) is 0 Å². The lowest BCUT2D eigenvalue weighted by Gasteiger charge is -2.05. The van der Waals surface area contributed by atoms with E-state index >= 15 is 0 Å². The Morgan fingerprint density at radius 3 is 3.13 bits per heavy atom. The van der Waals surface area contributed by atoms with Crippen LogP contribution in [0.5, 0.6) is 5.88 Å². The van der Waals surface area contributed by atoms with Crippen LogP contribution in [0.2, 0.25) is 0 Å². The fourth-order valence-corrected chi connectivity index (χ4v) is 0.974. The second-order valence-corrected chi connectivity index (χ2v) is 3.03. The topological polar surface area (TPSA) is 47.0 Å². The molecule has 0 bridgehead atoms. The van der Waals surface area contributed by atoms with Gasteiger partial charge in [-0.1, -0.05) is 19.1 Å². The van der Waals surface area contributed by atoms with Crippen LogP contribution >= 0.6 is 0 Å². The lowest BCUT2D eigenvalue weighted by Crippen LogP contribution is -2.05. The molecule has 15 heavy (non-hydrogen) atoms. The molecule has 82 valence electrons. The van der Waals surface area contributed by atoms with Gasteiger partial charge in [-0.15, -0.1) is 0 Å². The van der Waals surface area contributed by atoms with Crippen LogP contribution in [0.3, 0.4) is 0 Å². The molecule has 1 aromatic rings. The minimum absolute atomic E-state index is 0.542. The highest BCUT2D eigenvalue weighted by atomic mass is 16.5. The van der Waals surface area contributed by atoms with E-state index in [4.69, 9.17) is 4.74 Å². The van der Waals surface area contributed by atoms with Gasteiger partial charge in [0.25, 0.3) is 0 Å². The summed E-state index contributed by atoms with van der Waals surface area (Å²) in [5, 5.41) is 3.10. The van der Waals surface area contributed by atoms with Crippen LogP contribution in [0, 0.1) is 0 Å². The summed E-state index contributed by atoms with van der Waals surface area (Å²) in [5.41, 5.74) is 0. The molecule has 1 N–H and O–H groups in total. The molecular formula is C11H17N3O. The number of nitrogens with zero attached hydrogens (tertiary/aromatic N) is 2. The van der Waals surface area contributed by atoms with Crippen molar-refractivity contribution in [1.82, 2.24) is 9.97 Å². The van der Waals surface area contributed by atoms with Gasteiger partial charge in [-0.25, -0.2) is 4.98 Å². The van der Waals surface area contributed by atoms with E-state index in [0.29, 0.717) is 18.4 Å². The minimum atomic E-state index is 0.542. The van der Waals surface area contributed by atoms with Crippen molar-refractivity contribution in [1.29, 1.82) is 0 Å². The number of allylic oxidation sites excluding steroid dienone is 1. The normalized spacial score (nSPS) is 10.5. The monoisotopic (exact) mass is 207 g/mol. The minimum Gasteiger partial charge on any atom is -0.473 e. The van der Waals surface area contributed by atoms with E-state index in [9.17, 15) is 0 Å². The molecule has 0 atom stereocenters. The highest BCUT2D eigenvalue weighted by Crippen LogP contribution is 2.07.